The molecule has 3 aromatic rings. The first-order chi connectivity index (χ1) is 15.3. The van der Waals surface area contributed by atoms with Crippen molar-refractivity contribution in [3.8, 4) is 11.5 Å². The van der Waals surface area contributed by atoms with Crippen molar-refractivity contribution in [2.24, 2.45) is 5.92 Å². The van der Waals surface area contributed by atoms with Gasteiger partial charge >= 0.3 is 12.1 Å². The summed E-state index contributed by atoms with van der Waals surface area (Å²) >= 11 is 0. The highest BCUT2D eigenvalue weighted by Gasteiger charge is 2.38. The Morgan fingerprint density at radius 2 is 1.88 bits per heavy atom. The van der Waals surface area contributed by atoms with Crippen LogP contribution < -0.4 is 4.90 Å². The Morgan fingerprint density at radius 1 is 1.16 bits per heavy atom. The quantitative estimate of drug-likeness (QED) is 0.524. The highest BCUT2D eigenvalue weighted by Crippen LogP contribution is 2.31. The zero-order chi connectivity index (χ0) is 22.9. The highest BCUT2D eigenvalue weighted by molar-refractivity contribution is 5.95. The number of hydrogen-bond acceptors (Lipinski definition) is 5. The molecule has 1 fully saturated rings. The van der Waals surface area contributed by atoms with Crippen molar-refractivity contribution < 1.29 is 26.8 Å². The maximum Gasteiger partial charge on any atom is 0.470 e. The van der Waals surface area contributed by atoms with Gasteiger partial charge in [0, 0.05) is 29.9 Å². The number of carbonyl (C=O) groups excluding carboxylic acids is 1. The van der Waals surface area contributed by atoms with Crippen molar-refractivity contribution in [2.45, 2.75) is 19.6 Å². The number of carbonyl (C=O) groups is 1. The first kappa shape index (κ1) is 21.9. The number of alkyl halides is 3. The van der Waals surface area contributed by atoms with Crippen molar-refractivity contribution in [2.75, 3.05) is 24.5 Å². The smallest absolute Gasteiger partial charge is 0.413 e. The van der Waals surface area contributed by atoms with Crippen LogP contribution >= 0.6 is 0 Å². The predicted molar refractivity (Wildman–Crippen MR) is 108 cm³/mol. The molecule has 1 aliphatic rings. The summed E-state index contributed by atoms with van der Waals surface area (Å²) in [7, 11) is 0. The number of nitrogens with zero attached hydrogens (tertiary/aromatic N) is 4. The van der Waals surface area contributed by atoms with Crippen LogP contribution in [0.3, 0.4) is 0 Å². The summed E-state index contributed by atoms with van der Waals surface area (Å²) in [5.41, 5.74) is 0.875. The third-order valence-corrected chi connectivity index (χ3v) is 5.38. The van der Waals surface area contributed by atoms with Gasteiger partial charge < -0.3 is 14.2 Å². The normalized spacial score (nSPS) is 14.9. The van der Waals surface area contributed by atoms with E-state index in [0.717, 1.165) is 12.6 Å². The maximum absolute atomic E-state index is 14.9. The Morgan fingerprint density at radius 3 is 2.47 bits per heavy atom. The van der Waals surface area contributed by atoms with Crippen molar-refractivity contribution >= 4 is 11.6 Å². The second kappa shape index (κ2) is 8.70. The number of rotatable bonds is 6. The zero-order valence-corrected chi connectivity index (χ0v) is 17.1. The second-order valence-corrected chi connectivity index (χ2v) is 7.53. The van der Waals surface area contributed by atoms with E-state index < -0.39 is 23.8 Å². The van der Waals surface area contributed by atoms with Gasteiger partial charge in [0.05, 0.1) is 12.5 Å². The van der Waals surface area contributed by atoms with Crippen molar-refractivity contribution in [3.63, 3.8) is 0 Å². The predicted octanol–water partition coefficient (Wildman–Crippen LogP) is 4.38. The Kier molecular flexibility index (Phi) is 5.96. The molecule has 1 aliphatic heterocycles. The van der Waals surface area contributed by atoms with E-state index in [0.29, 0.717) is 18.8 Å². The van der Waals surface area contributed by atoms with Gasteiger partial charge in [-0.1, -0.05) is 31.2 Å². The molecule has 10 heteroatoms. The summed E-state index contributed by atoms with van der Waals surface area (Å²) in [5, 5.41) is 6.30. The van der Waals surface area contributed by atoms with Crippen LogP contribution in [0, 0.1) is 11.7 Å². The molecule has 1 saturated heterocycles. The van der Waals surface area contributed by atoms with Crippen LogP contribution in [0.15, 0.2) is 52.9 Å². The van der Waals surface area contributed by atoms with Crippen LogP contribution in [0.1, 0.15) is 18.4 Å². The third-order valence-electron chi connectivity index (χ3n) is 5.38. The van der Waals surface area contributed by atoms with Crippen LogP contribution in [0.25, 0.3) is 11.5 Å². The lowest BCUT2D eigenvalue weighted by atomic mass is 9.97. The highest BCUT2D eigenvalue weighted by atomic mass is 19.4. The molecule has 0 N–H and O–H groups in total. The summed E-state index contributed by atoms with van der Waals surface area (Å²) in [6.45, 7) is 4.16. The minimum absolute atomic E-state index is 0.0180. The molecular formula is C22H20F4N4O2. The van der Waals surface area contributed by atoms with Gasteiger partial charge in [0.2, 0.25) is 11.8 Å². The number of aromatic nitrogens is 2. The summed E-state index contributed by atoms with van der Waals surface area (Å²) in [6, 6.07) is 12.8. The summed E-state index contributed by atoms with van der Waals surface area (Å²) in [4.78, 5) is 16.8. The lowest BCUT2D eigenvalue weighted by Crippen LogP contribution is -2.54. The average molecular weight is 448 g/mol. The van der Waals surface area contributed by atoms with E-state index in [9.17, 15) is 22.4 Å². The number of halogens is 4. The van der Waals surface area contributed by atoms with Crippen LogP contribution in [-0.4, -0.2) is 40.6 Å². The van der Waals surface area contributed by atoms with Crippen molar-refractivity contribution in [1.29, 1.82) is 0 Å². The van der Waals surface area contributed by atoms with Gasteiger partial charge in [-0.2, -0.15) is 13.2 Å². The number of para-hydroxylation sites is 1. The van der Waals surface area contributed by atoms with Gasteiger partial charge in [-0.3, -0.25) is 4.79 Å². The van der Waals surface area contributed by atoms with Gasteiger partial charge in [0.25, 0.3) is 0 Å². The van der Waals surface area contributed by atoms with E-state index in [1.54, 1.807) is 24.3 Å². The monoisotopic (exact) mass is 448 g/mol. The molecular weight excluding hydrogens is 428 g/mol. The molecule has 0 spiro atoms. The molecule has 1 aromatic heterocycles. The van der Waals surface area contributed by atoms with Crippen molar-refractivity contribution in [3.05, 3.63) is 65.8 Å². The van der Waals surface area contributed by atoms with Crippen molar-refractivity contribution in [1.82, 2.24) is 15.1 Å². The average Bonchev–Trinajstić information content (AvgIpc) is 3.23. The number of amides is 1. The van der Waals surface area contributed by atoms with E-state index in [-0.39, 0.29) is 29.5 Å². The molecule has 4 rings (SSSR count). The molecule has 0 saturated carbocycles. The second-order valence-electron chi connectivity index (χ2n) is 7.53. The molecule has 168 valence electrons. The Balaban J connectivity index is 1.57. The summed E-state index contributed by atoms with van der Waals surface area (Å²) < 4.78 is 57.5. The molecule has 6 nitrogen and oxygen atoms in total. The molecule has 0 radical (unpaired) electrons. The van der Waals surface area contributed by atoms with Gasteiger partial charge in [0.1, 0.15) is 5.82 Å². The van der Waals surface area contributed by atoms with Crippen LogP contribution in [0.5, 0.6) is 0 Å². The zero-order valence-electron chi connectivity index (χ0n) is 17.1. The third kappa shape index (κ3) is 4.50. The van der Waals surface area contributed by atoms with E-state index in [1.165, 1.54) is 17.0 Å². The lowest BCUT2D eigenvalue weighted by molar-refractivity contribution is -0.157. The standard InChI is InChI=1S/C22H20F4N4O2/c1-2-29-11-16(12-29)20(31)30(17-6-4-3-5-7-17)13-15-9-8-14(10-18(15)23)19-27-28-21(32-19)22(24,25)26/h3-10,16H,2,11-13H2,1H3. The SMILES string of the molecule is CCN1CC(C(=O)N(Cc2ccc(-c3nnc(C(F)(F)F)o3)cc2F)c2ccccc2)C1. The van der Waals surface area contributed by atoms with E-state index >= 15 is 0 Å². The molecule has 1 amide bonds. The van der Waals surface area contributed by atoms with Gasteiger partial charge in [0.15, 0.2) is 0 Å². The molecule has 32 heavy (non-hydrogen) atoms. The van der Waals surface area contributed by atoms with Crippen LogP contribution in [0.2, 0.25) is 0 Å². The van der Waals surface area contributed by atoms with Crippen LogP contribution in [-0.2, 0) is 17.5 Å². The largest absolute Gasteiger partial charge is 0.470 e. The molecule has 0 unspecified atom stereocenters. The first-order valence-electron chi connectivity index (χ1n) is 10.0. The van der Waals surface area contributed by atoms with Crippen LogP contribution in [0.4, 0.5) is 23.2 Å². The molecule has 0 atom stereocenters. The minimum Gasteiger partial charge on any atom is -0.413 e. The fourth-order valence-corrected chi connectivity index (χ4v) is 3.54. The van der Waals surface area contributed by atoms with Gasteiger partial charge in [-0.25, -0.2) is 4.39 Å². The first-order valence-corrected chi connectivity index (χ1v) is 10.0. The Labute approximate surface area is 181 Å². The van der Waals surface area contributed by atoms with Gasteiger partial charge in [-0.15, -0.1) is 10.2 Å². The molecule has 2 heterocycles. The van der Waals surface area contributed by atoms with E-state index in [1.807, 2.05) is 13.0 Å². The summed E-state index contributed by atoms with van der Waals surface area (Å²) in [5.74, 6) is -2.90. The van der Waals surface area contributed by atoms with E-state index in [4.69, 9.17) is 0 Å². The Bertz CT molecular complexity index is 1090. The topological polar surface area (TPSA) is 62.5 Å². The molecule has 2 aromatic carbocycles. The number of anilines is 1. The minimum atomic E-state index is -4.78. The van der Waals surface area contributed by atoms with E-state index in [2.05, 4.69) is 19.5 Å². The Hall–Kier alpha value is -3.27. The lowest BCUT2D eigenvalue weighted by Gasteiger charge is -2.40. The molecule has 0 bridgehead atoms. The fourth-order valence-electron chi connectivity index (χ4n) is 3.54. The summed E-state index contributed by atoms with van der Waals surface area (Å²) in [6.07, 6.45) is -4.78. The fraction of sp³-hybridized carbons (Fsp3) is 0.318. The number of hydrogen-bond donors (Lipinski definition) is 0. The molecule has 0 aliphatic carbocycles. The number of likely N-dealkylation sites (tertiary alicyclic amines) is 1. The maximum atomic E-state index is 14.9. The number of benzene rings is 2. The van der Waals surface area contributed by atoms with Gasteiger partial charge in [-0.05, 0) is 30.8 Å².